The number of likely N-dealkylation sites (N-methyl/N-ethyl adjacent to an activating group) is 1. The summed E-state index contributed by atoms with van der Waals surface area (Å²) in [5.41, 5.74) is 2.41. The van der Waals surface area contributed by atoms with Crippen molar-refractivity contribution < 1.29 is 9.53 Å². The van der Waals surface area contributed by atoms with Crippen molar-refractivity contribution >= 4 is 23.2 Å². The number of amides is 1. The molecule has 0 bridgehead atoms. The van der Waals surface area contributed by atoms with Crippen LogP contribution in [0.5, 0.6) is 5.75 Å². The van der Waals surface area contributed by atoms with E-state index in [1.54, 1.807) is 13.2 Å². The second-order valence-electron chi connectivity index (χ2n) is 5.61. The van der Waals surface area contributed by atoms with Crippen LogP contribution in [-0.4, -0.2) is 50.6 Å². The molecular formula is C17H26ClN3O2. The summed E-state index contributed by atoms with van der Waals surface area (Å²) in [6.07, 6.45) is 1.87. The molecule has 23 heavy (non-hydrogen) atoms. The Balaban J connectivity index is 2.15. The molecule has 1 aliphatic heterocycles. The highest BCUT2D eigenvalue weighted by atomic mass is 35.5. The minimum atomic E-state index is -0.135. The molecule has 1 aromatic rings. The van der Waals surface area contributed by atoms with E-state index in [1.165, 1.54) is 0 Å². The van der Waals surface area contributed by atoms with E-state index < -0.39 is 0 Å². The molecular weight excluding hydrogens is 314 g/mol. The number of nitrogens with zero attached hydrogens (tertiary/aromatic N) is 1. The summed E-state index contributed by atoms with van der Waals surface area (Å²) in [4.78, 5) is 14.8. The molecule has 5 nitrogen and oxygen atoms in total. The topological polar surface area (TPSA) is 53.6 Å². The van der Waals surface area contributed by atoms with Crippen molar-refractivity contribution in [1.29, 1.82) is 0 Å². The number of anilines is 1. The maximum Gasteiger partial charge on any atom is 0.255 e. The Kier molecular flexibility index (Phi) is 6.54. The van der Waals surface area contributed by atoms with E-state index in [0.717, 1.165) is 50.3 Å². The van der Waals surface area contributed by atoms with Gasteiger partial charge in [0.1, 0.15) is 5.75 Å². The first-order valence-corrected chi connectivity index (χ1v) is 8.63. The van der Waals surface area contributed by atoms with Crippen LogP contribution >= 0.6 is 11.6 Å². The molecule has 128 valence electrons. The van der Waals surface area contributed by atoms with Crippen LogP contribution in [0.2, 0.25) is 5.02 Å². The highest BCUT2D eigenvalue weighted by molar-refractivity contribution is 6.34. The molecule has 1 amide bonds. The van der Waals surface area contributed by atoms with Gasteiger partial charge in [0.05, 0.1) is 23.4 Å². The van der Waals surface area contributed by atoms with Crippen molar-refractivity contribution in [2.24, 2.45) is 0 Å². The number of carbonyl (C=O) groups is 1. The maximum absolute atomic E-state index is 12.5. The molecule has 0 aliphatic carbocycles. The number of rotatable bonds is 7. The van der Waals surface area contributed by atoms with Gasteiger partial charge in [0.15, 0.2) is 0 Å². The maximum atomic E-state index is 12.5. The van der Waals surface area contributed by atoms with Gasteiger partial charge in [-0.1, -0.05) is 25.4 Å². The molecule has 1 heterocycles. The monoisotopic (exact) mass is 339 g/mol. The smallest absolute Gasteiger partial charge is 0.255 e. The quantitative estimate of drug-likeness (QED) is 0.802. The summed E-state index contributed by atoms with van der Waals surface area (Å²) < 4.78 is 5.52. The Morgan fingerprint density at radius 2 is 2.17 bits per heavy atom. The average Bonchev–Trinajstić information content (AvgIpc) is 2.58. The Hall–Kier alpha value is -1.46. The van der Waals surface area contributed by atoms with E-state index in [4.69, 9.17) is 16.3 Å². The van der Waals surface area contributed by atoms with Crippen molar-refractivity contribution in [3.8, 4) is 5.75 Å². The van der Waals surface area contributed by atoms with Gasteiger partial charge in [-0.15, -0.1) is 0 Å². The lowest BCUT2D eigenvalue weighted by molar-refractivity contribution is 0.0945. The summed E-state index contributed by atoms with van der Waals surface area (Å²) in [6.45, 7) is 8.52. The van der Waals surface area contributed by atoms with Gasteiger partial charge < -0.3 is 20.3 Å². The third-order valence-electron chi connectivity index (χ3n) is 4.29. The van der Waals surface area contributed by atoms with E-state index in [2.05, 4.69) is 29.4 Å². The molecule has 0 saturated carbocycles. The third kappa shape index (κ3) is 4.09. The van der Waals surface area contributed by atoms with Crippen molar-refractivity contribution in [2.75, 3.05) is 45.2 Å². The number of halogens is 1. The van der Waals surface area contributed by atoms with Crippen molar-refractivity contribution in [2.45, 2.75) is 26.7 Å². The molecule has 1 aromatic carbocycles. The highest BCUT2D eigenvalue weighted by Gasteiger charge is 2.23. The minimum Gasteiger partial charge on any atom is -0.496 e. The lowest BCUT2D eigenvalue weighted by Gasteiger charge is -2.24. The lowest BCUT2D eigenvalue weighted by Crippen LogP contribution is -2.35. The van der Waals surface area contributed by atoms with Gasteiger partial charge >= 0.3 is 0 Å². The molecule has 0 unspecified atom stereocenters. The second-order valence-corrected chi connectivity index (χ2v) is 6.01. The van der Waals surface area contributed by atoms with Gasteiger partial charge in [-0.3, -0.25) is 4.79 Å². The fraction of sp³-hybridized carbons (Fsp3) is 0.588. The number of fused-ring (bicyclic) bond motifs is 1. The zero-order valence-corrected chi connectivity index (χ0v) is 14.9. The van der Waals surface area contributed by atoms with Crippen molar-refractivity contribution in [1.82, 2.24) is 10.2 Å². The SMILES string of the molecule is CCN(CC)CCNC(=O)c1cc(Cl)c2c(c1OC)CCCN2. The molecule has 0 aromatic heterocycles. The first-order chi connectivity index (χ1) is 11.1. The van der Waals surface area contributed by atoms with Gasteiger partial charge in [0.25, 0.3) is 5.91 Å². The van der Waals surface area contributed by atoms with Crippen LogP contribution in [0, 0.1) is 0 Å². The van der Waals surface area contributed by atoms with Crippen LogP contribution in [0.3, 0.4) is 0 Å². The van der Waals surface area contributed by atoms with Gasteiger partial charge in [0, 0.05) is 25.2 Å². The van der Waals surface area contributed by atoms with E-state index in [9.17, 15) is 4.79 Å². The van der Waals surface area contributed by atoms with Crippen LogP contribution in [0.15, 0.2) is 6.07 Å². The average molecular weight is 340 g/mol. The predicted octanol–water partition coefficient (Wildman–Crippen LogP) is 2.78. The van der Waals surface area contributed by atoms with E-state index in [-0.39, 0.29) is 5.91 Å². The third-order valence-corrected chi connectivity index (χ3v) is 4.59. The number of nitrogens with one attached hydrogen (secondary N) is 2. The van der Waals surface area contributed by atoms with Gasteiger partial charge in [-0.2, -0.15) is 0 Å². The molecule has 0 atom stereocenters. The summed E-state index contributed by atoms with van der Waals surface area (Å²) in [7, 11) is 1.60. The molecule has 0 radical (unpaired) electrons. The lowest BCUT2D eigenvalue weighted by atomic mass is 9.98. The standard InChI is InChI=1S/C17H26ClN3O2/c1-4-21(5-2)10-9-20-17(22)13-11-14(18)15-12(16(13)23-3)7-6-8-19-15/h11,19H,4-10H2,1-3H3,(H,20,22). The number of hydrogen-bond acceptors (Lipinski definition) is 4. The predicted molar refractivity (Wildman–Crippen MR) is 94.9 cm³/mol. The van der Waals surface area contributed by atoms with Gasteiger partial charge in [-0.25, -0.2) is 0 Å². The van der Waals surface area contributed by atoms with Crippen LogP contribution < -0.4 is 15.4 Å². The van der Waals surface area contributed by atoms with Crippen LogP contribution in [-0.2, 0) is 6.42 Å². The number of benzene rings is 1. The first kappa shape index (κ1) is 17.9. The Bertz CT molecular complexity index is 559. The summed E-state index contributed by atoms with van der Waals surface area (Å²) in [5.74, 6) is 0.501. The molecule has 1 aliphatic rings. The second kappa shape index (κ2) is 8.41. The Labute approximate surface area is 143 Å². The Morgan fingerprint density at radius 3 is 2.83 bits per heavy atom. The summed E-state index contributed by atoms with van der Waals surface area (Å²) in [5, 5.41) is 6.84. The van der Waals surface area contributed by atoms with Crippen LogP contribution in [0.1, 0.15) is 36.2 Å². The molecule has 0 spiro atoms. The van der Waals surface area contributed by atoms with Crippen LogP contribution in [0.4, 0.5) is 5.69 Å². The largest absolute Gasteiger partial charge is 0.496 e. The molecule has 2 N–H and O–H groups in total. The van der Waals surface area contributed by atoms with Gasteiger partial charge in [0.2, 0.25) is 0 Å². The number of ether oxygens (including phenoxy) is 1. The van der Waals surface area contributed by atoms with E-state index in [1.807, 2.05) is 0 Å². The minimum absolute atomic E-state index is 0.135. The highest BCUT2D eigenvalue weighted by Crippen LogP contribution is 2.39. The molecule has 0 fully saturated rings. The summed E-state index contributed by atoms with van der Waals surface area (Å²) in [6, 6.07) is 1.70. The number of methoxy groups -OCH3 is 1. The molecule has 6 heteroatoms. The fourth-order valence-corrected chi connectivity index (χ4v) is 3.25. The van der Waals surface area contributed by atoms with Crippen molar-refractivity contribution in [3.63, 3.8) is 0 Å². The van der Waals surface area contributed by atoms with E-state index >= 15 is 0 Å². The first-order valence-electron chi connectivity index (χ1n) is 8.26. The van der Waals surface area contributed by atoms with Crippen LogP contribution in [0.25, 0.3) is 0 Å². The Morgan fingerprint density at radius 1 is 1.43 bits per heavy atom. The normalized spacial score (nSPS) is 13.4. The molecule has 2 rings (SSSR count). The number of carbonyl (C=O) groups excluding carboxylic acids is 1. The van der Waals surface area contributed by atoms with E-state index in [0.29, 0.717) is 22.9 Å². The van der Waals surface area contributed by atoms with Crippen molar-refractivity contribution in [3.05, 3.63) is 22.2 Å². The molecule has 0 saturated heterocycles. The van der Waals surface area contributed by atoms with Gasteiger partial charge in [-0.05, 0) is 32.0 Å². The zero-order valence-electron chi connectivity index (χ0n) is 14.2. The number of hydrogen-bond donors (Lipinski definition) is 2. The fourth-order valence-electron chi connectivity index (χ4n) is 2.96. The zero-order chi connectivity index (χ0) is 16.8. The summed E-state index contributed by atoms with van der Waals surface area (Å²) >= 11 is 6.34.